The summed E-state index contributed by atoms with van der Waals surface area (Å²) in [6.07, 6.45) is 1.14. The van der Waals surface area contributed by atoms with Gasteiger partial charge in [0.1, 0.15) is 6.61 Å². The smallest absolute Gasteiger partial charge is 0.166 e. The van der Waals surface area contributed by atoms with E-state index in [0.717, 1.165) is 61.8 Å². The quantitative estimate of drug-likeness (QED) is 0.455. The summed E-state index contributed by atoms with van der Waals surface area (Å²) in [4.78, 5) is 2.45. The molecule has 0 heterocycles. The fourth-order valence-corrected chi connectivity index (χ4v) is 3.06. The highest BCUT2D eigenvalue weighted by Gasteiger charge is 2.11. The van der Waals surface area contributed by atoms with Crippen LogP contribution < -0.4 is 14.8 Å². The molecule has 164 valence electrons. The van der Waals surface area contributed by atoms with Crippen LogP contribution in [0.1, 0.15) is 37.0 Å². The summed E-state index contributed by atoms with van der Waals surface area (Å²) in [7, 11) is 1.69. The minimum atomic E-state index is 0. The predicted molar refractivity (Wildman–Crippen MR) is 127 cm³/mol. The molecular formula is C23H36Cl2N2O2. The van der Waals surface area contributed by atoms with Gasteiger partial charge in [-0.2, -0.15) is 0 Å². The maximum Gasteiger partial charge on any atom is 0.166 e. The van der Waals surface area contributed by atoms with E-state index in [4.69, 9.17) is 9.47 Å². The Kier molecular flexibility index (Phi) is 14.6. The second kappa shape index (κ2) is 15.4. The maximum absolute atomic E-state index is 6.14. The zero-order valence-corrected chi connectivity index (χ0v) is 19.7. The Bertz CT molecular complexity index is 677. The van der Waals surface area contributed by atoms with Crippen molar-refractivity contribution in [3.63, 3.8) is 0 Å². The van der Waals surface area contributed by atoms with E-state index in [2.05, 4.69) is 61.3 Å². The van der Waals surface area contributed by atoms with Crippen LogP contribution in [0.15, 0.2) is 42.5 Å². The van der Waals surface area contributed by atoms with Crippen molar-refractivity contribution in [1.29, 1.82) is 0 Å². The molecule has 6 heteroatoms. The number of benzene rings is 2. The van der Waals surface area contributed by atoms with E-state index in [1.807, 2.05) is 12.1 Å². The molecule has 0 aliphatic carbocycles. The Morgan fingerprint density at radius 2 is 1.66 bits per heavy atom. The molecule has 4 nitrogen and oxygen atoms in total. The number of rotatable bonds is 12. The second-order valence-corrected chi connectivity index (χ2v) is 6.78. The largest absolute Gasteiger partial charge is 0.493 e. The molecule has 0 aromatic heterocycles. The molecule has 2 aromatic carbocycles. The Hall–Kier alpha value is -1.46. The van der Waals surface area contributed by atoms with Crippen molar-refractivity contribution in [3.05, 3.63) is 59.2 Å². The van der Waals surface area contributed by atoms with Crippen LogP contribution in [0.3, 0.4) is 0 Å². The summed E-state index contributed by atoms with van der Waals surface area (Å²) < 4.78 is 11.7. The molecule has 1 N–H and O–H groups in total. The number of hydrogen-bond donors (Lipinski definition) is 1. The number of para-hydroxylation sites is 1. The molecule has 0 spiro atoms. The minimum Gasteiger partial charge on any atom is -0.493 e. The van der Waals surface area contributed by atoms with Crippen molar-refractivity contribution in [1.82, 2.24) is 10.2 Å². The summed E-state index contributed by atoms with van der Waals surface area (Å²) >= 11 is 0. The number of aryl methyl sites for hydroxylation is 1. The van der Waals surface area contributed by atoms with Crippen LogP contribution in [0, 0.1) is 6.92 Å². The van der Waals surface area contributed by atoms with Gasteiger partial charge in [-0.25, -0.2) is 0 Å². The van der Waals surface area contributed by atoms with Gasteiger partial charge >= 0.3 is 0 Å². The van der Waals surface area contributed by atoms with Crippen LogP contribution in [-0.2, 0) is 13.2 Å². The summed E-state index contributed by atoms with van der Waals surface area (Å²) in [5.41, 5.74) is 3.54. The average Bonchev–Trinajstić information content (AvgIpc) is 2.70. The first-order valence-electron chi connectivity index (χ1n) is 9.95. The summed E-state index contributed by atoms with van der Waals surface area (Å²) in [6.45, 7) is 12.2. The molecule has 0 radical (unpaired) electrons. The monoisotopic (exact) mass is 442 g/mol. The SMILES string of the molecule is CCN(CC)CCCNCc1cccc(OC)c1OCc1ccc(C)cc1.Cl.Cl. The van der Waals surface area contributed by atoms with Gasteiger partial charge in [0.2, 0.25) is 0 Å². The minimum absolute atomic E-state index is 0. The molecule has 2 aromatic rings. The van der Waals surface area contributed by atoms with Gasteiger partial charge in [-0.15, -0.1) is 24.8 Å². The number of nitrogens with one attached hydrogen (secondary N) is 1. The molecule has 29 heavy (non-hydrogen) atoms. The highest BCUT2D eigenvalue weighted by Crippen LogP contribution is 2.31. The second-order valence-electron chi connectivity index (χ2n) is 6.78. The zero-order chi connectivity index (χ0) is 19.5. The maximum atomic E-state index is 6.14. The van der Waals surface area contributed by atoms with Crippen LogP contribution in [0.2, 0.25) is 0 Å². The standard InChI is InChI=1S/C23H34N2O2.2ClH/c1-5-25(6-2)16-8-15-24-17-21-9-7-10-22(26-4)23(21)27-18-20-13-11-19(3)12-14-20;;/h7,9-14,24H,5-6,8,15-18H2,1-4H3;2*1H. The normalized spacial score (nSPS) is 10.2. The lowest BCUT2D eigenvalue weighted by atomic mass is 10.1. The van der Waals surface area contributed by atoms with E-state index in [0.29, 0.717) is 6.61 Å². The van der Waals surface area contributed by atoms with Gasteiger partial charge < -0.3 is 19.7 Å². The lowest BCUT2D eigenvalue weighted by molar-refractivity contribution is 0.280. The fraction of sp³-hybridized carbons (Fsp3) is 0.478. The van der Waals surface area contributed by atoms with Crippen LogP contribution in [0.25, 0.3) is 0 Å². The first-order valence-corrected chi connectivity index (χ1v) is 9.95. The van der Waals surface area contributed by atoms with Crippen molar-refractivity contribution in [2.75, 3.05) is 33.3 Å². The Morgan fingerprint density at radius 3 is 2.28 bits per heavy atom. The van der Waals surface area contributed by atoms with E-state index in [1.54, 1.807) is 7.11 Å². The first-order chi connectivity index (χ1) is 13.2. The van der Waals surface area contributed by atoms with Crippen LogP contribution >= 0.6 is 24.8 Å². The number of ether oxygens (including phenoxy) is 2. The third kappa shape index (κ3) is 9.26. The number of hydrogen-bond acceptors (Lipinski definition) is 4. The molecule has 0 unspecified atom stereocenters. The van der Waals surface area contributed by atoms with Gasteiger partial charge in [-0.1, -0.05) is 55.8 Å². The third-order valence-electron chi connectivity index (χ3n) is 4.82. The average molecular weight is 443 g/mol. The van der Waals surface area contributed by atoms with Crippen LogP contribution in [-0.4, -0.2) is 38.2 Å². The number of methoxy groups -OCH3 is 1. The highest BCUT2D eigenvalue weighted by molar-refractivity contribution is 5.85. The van der Waals surface area contributed by atoms with Gasteiger partial charge in [0, 0.05) is 12.1 Å². The van der Waals surface area contributed by atoms with Crippen LogP contribution in [0.4, 0.5) is 0 Å². The molecule has 0 amide bonds. The topological polar surface area (TPSA) is 33.7 Å². The molecule has 0 saturated heterocycles. The summed E-state index contributed by atoms with van der Waals surface area (Å²) in [5, 5.41) is 3.54. The molecule has 0 bridgehead atoms. The van der Waals surface area contributed by atoms with E-state index in [9.17, 15) is 0 Å². The number of nitrogens with zero attached hydrogens (tertiary/aromatic N) is 1. The van der Waals surface area contributed by atoms with Gasteiger partial charge in [0.05, 0.1) is 7.11 Å². The number of halogens is 2. The van der Waals surface area contributed by atoms with Crippen molar-refractivity contribution in [3.8, 4) is 11.5 Å². The van der Waals surface area contributed by atoms with E-state index in [-0.39, 0.29) is 24.8 Å². The lowest BCUT2D eigenvalue weighted by Crippen LogP contribution is -2.27. The molecule has 0 aliphatic heterocycles. The zero-order valence-electron chi connectivity index (χ0n) is 18.1. The molecular weight excluding hydrogens is 407 g/mol. The third-order valence-corrected chi connectivity index (χ3v) is 4.82. The molecule has 0 fully saturated rings. The van der Waals surface area contributed by atoms with Gasteiger partial charge in [0.15, 0.2) is 11.5 Å². The van der Waals surface area contributed by atoms with Crippen LogP contribution in [0.5, 0.6) is 11.5 Å². The fourth-order valence-electron chi connectivity index (χ4n) is 3.06. The van der Waals surface area contributed by atoms with Gasteiger partial charge in [0.25, 0.3) is 0 Å². The van der Waals surface area contributed by atoms with Gasteiger partial charge in [-0.3, -0.25) is 0 Å². The van der Waals surface area contributed by atoms with E-state index in [1.165, 1.54) is 5.56 Å². The molecule has 2 rings (SSSR count). The summed E-state index contributed by atoms with van der Waals surface area (Å²) in [6, 6.07) is 14.5. The Morgan fingerprint density at radius 1 is 0.966 bits per heavy atom. The van der Waals surface area contributed by atoms with Crippen molar-refractivity contribution in [2.45, 2.75) is 40.3 Å². The Balaban J connectivity index is 0.00000392. The molecule has 0 saturated carbocycles. The first kappa shape index (κ1) is 27.5. The van der Waals surface area contributed by atoms with Crippen molar-refractivity contribution in [2.24, 2.45) is 0 Å². The summed E-state index contributed by atoms with van der Waals surface area (Å²) in [5.74, 6) is 1.61. The predicted octanol–water partition coefficient (Wildman–Crippen LogP) is 5.25. The molecule has 0 aliphatic rings. The van der Waals surface area contributed by atoms with E-state index >= 15 is 0 Å². The van der Waals surface area contributed by atoms with Crippen molar-refractivity contribution >= 4 is 24.8 Å². The highest BCUT2D eigenvalue weighted by atomic mass is 35.5. The van der Waals surface area contributed by atoms with E-state index < -0.39 is 0 Å². The molecule has 0 atom stereocenters. The van der Waals surface area contributed by atoms with Crippen molar-refractivity contribution < 1.29 is 9.47 Å². The lowest BCUT2D eigenvalue weighted by Gasteiger charge is -2.18. The Labute approximate surface area is 188 Å². The van der Waals surface area contributed by atoms with Gasteiger partial charge in [-0.05, 0) is 51.2 Å².